The molecule has 0 N–H and O–H groups in total. The van der Waals surface area contributed by atoms with Gasteiger partial charge < -0.3 is 0 Å². The highest BCUT2D eigenvalue weighted by Gasteiger charge is 2.58. The second kappa shape index (κ2) is 2.91. The van der Waals surface area contributed by atoms with E-state index in [0.29, 0.717) is 0 Å². The Bertz CT molecular complexity index is 449. The molecule has 0 atom stereocenters. The van der Waals surface area contributed by atoms with Crippen LogP contribution in [0.15, 0.2) is 22.7 Å². The van der Waals surface area contributed by atoms with Gasteiger partial charge >= 0.3 is 0 Å². The van der Waals surface area contributed by atoms with E-state index in [4.69, 9.17) is 0 Å². The molecule has 0 saturated heterocycles. The zero-order chi connectivity index (χ0) is 11.4. The highest BCUT2D eigenvalue weighted by atomic mass is 79.9. The molecule has 0 bridgehead atoms. The summed E-state index contributed by atoms with van der Waals surface area (Å²) in [4.78, 5) is 12.2. The lowest BCUT2D eigenvalue weighted by Gasteiger charge is -2.13. The van der Waals surface area contributed by atoms with Gasteiger partial charge in [-0.2, -0.15) is 0 Å². The standard InChI is InChI=1S/C12H15BrNO/c1-11(2)9-6-5-8(13)7-10(9)12(3,4)14(11)15/h5-7H,1-4H3/q+1. The molecule has 1 heterocycles. The van der Waals surface area contributed by atoms with Gasteiger partial charge in [-0.25, -0.2) is 0 Å². The van der Waals surface area contributed by atoms with Crippen molar-refractivity contribution >= 4 is 15.9 Å². The van der Waals surface area contributed by atoms with Crippen molar-refractivity contribution in [3.05, 3.63) is 38.7 Å². The Hall–Kier alpha value is -0.700. The third kappa shape index (κ3) is 1.29. The number of fused-ring (bicyclic) bond motifs is 1. The van der Waals surface area contributed by atoms with Gasteiger partial charge in [0.15, 0.2) is 0 Å². The van der Waals surface area contributed by atoms with Crippen molar-refractivity contribution in [2.45, 2.75) is 38.8 Å². The molecule has 1 aromatic carbocycles. The van der Waals surface area contributed by atoms with Crippen LogP contribution >= 0.6 is 15.9 Å². The molecular formula is C12H15BrNO+. The quantitative estimate of drug-likeness (QED) is 0.657. The monoisotopic (exact) mass is 268 g/mol. The number of nitroso groups, excluding NO2 is 1. The van der Waals surface area contributed by atoms with Crippen LogP contribution in [-0.4, -0.2) is 4.76 Å². The van der Waals surface area contributed by atoms with Crippen LogP contribution in [0.4, 0.5) is 0 Å². The van der Waals surface area contributed by atoms with E-state index in [1.807, 2.05) is 39.8 Å². The smallest absolute Gasteiger partial charge is 0.0508 e. The predicted molar refractivity (Wildman–Crippen MR) is 63.8 cm³/mol. The maximum Gasteiger partial charge on any atom is 0.231 e. The normalized spacial score (nSPS) is 21.5. The SMILES string of the molecule is CC1(C)c2ccc(Br)cc2C(C)(C)[N+]1=O. The first kappa shape index (κ1) is 10.8. The van der Waals surface area contributed by atoms with Gasteiger partial charge in [-0.05, 0) is 12.1 Å². The average molecular weight is 269 g/mol. The van der Waals surface area contributed by atoms with Crippen molar-refractivity contribution in [1.29, 1.82) is 0 Å². The second-order valence-electron chi connectivity index (χ2n) is 5.10. The Balaban J connectivity index is 2.77. The summed E-state index contributed by atoms with van der Waals surface area (Å²) in [6, 6.07) is 6.09. The molecule has 1 aliphatic rings. The van der Waals surface area contributed by atoms with Crippen molar-refractivity contribution in [2.24, 2.45) is 0 Å². The van der Waals surface area contributed by atoms with E-state index in [1.165, 1.54) is 4.76 Å². The zero-order valence-electron chi connectivity index (χ0n) is 9.47. The summed E-state index contributed by atoms with van der Waals surface area (Å²) in [6.45, 7) is 7.89. The van der Waals surface area contributed by atoms with Crippen LogP contribution in [-0.2, 0) is 11.1 Å². The van der Waals surface area contributed by atoms with Crippen molar-refractivity contribution < 1.29 is 4.76 Å². The highest BCUT2D eigenvalue weighted by molar-refractivity contribution is 9.10. The third-order valence-corrected chi connectivity index (χ3v) is 3.81. The maximum absolute atomic E-state index is 12.2. The molecule has 2 rings (SSSR count). The molecule has 0 spiro atoms. The molecule has 15 heavy (non-hydrogen) atoms. The molecule has 80 valence electrons. The third-order valence-electron chi connectivity index (χ3n) is 3.32. The summed E-state index contributed by atoms with van der Waals surface area (Å²) in [7, 11) is 0. The van der Waals surface area contributed by atoms with Gasteiger partial charge in [0, 0.05) is 53.0 Å². The van der Waals surface area contributed by atoms with E-state index < -0.39 is 11.1 Å². The Labute approximate surface area is 98.4 Å². The van der Waals surface area contributed by atoms with E-state index in [-0.39, 0.29) is 0 Å². The van der Waals surface area contributed by atoms with Crippen LogP contribution in [0.25, 0.3) is 0 Å². The topological polar surface area (TPSA) is 20.1 Å². The van der Waals surface area contributed by atoms with Crippen LogP contribution in [0, 0.1) is 4.91 Å². The molecule has 0 fully saturated rings. The van der Waals surface area contributed by atoms with Crippen LogP contribution in [0.2, 0.25) is 0 Å². The lowest BCUT2D eigenvalue weighted by molar-refractivity contribution is -0.685. The minimum Gasteiger partial charge on any atom is -0.0508 e. The summed E-state index contributed by atoms with van der Waals surface area (Å²) in [5, 5.41) is 0. The number of rotatable bonds is 0. The molecular weight excluding hydrogens is 254 g/mol. The molecule has 0 radical (unpaired) electrons. The van der Waals surface area contributed by atoms with Gasteiger partial charge in [0.25, 0.3) is 0 Å². The number of hydrogen-bond donors (Lipinski definition) is 0. The maximum atomic E-state index is 12.2. The number of nitrogens with zero attached hydrogens (tertiary/aromatic N) is 1. The lowest BCUT2D eigenvalue weighted by Crippen LogP contribution is -2.34. The second-order valence-corrected chi connectivity index (χ2v) is 6.02. The van der Waals surface area contributed by atoms with Crippen molar-refractivity contribution in [3.8, 4) is 0 Å². The fourth-order valence-electron chi connectivity index (χ4n) is 2.47. The summed E-state index contributed by atoms with van der Waals surface area (Å²) in [5.41, 5.74) is 1.38. The van der Waals surface area contributed by atoms with Gasteiger partial charge in [-0.3, -0.25) is 0 Å². The largest absolute Gasteiger partial charge is 0.231 e. The molecule has 0 saturated carbocycles. The Morgan fingerprint density at radius 3 is 2.20 bits per heavy atom. The van der Waals surface area contributed by atoms with Gasteiger partial charge in [-0.15, -0.1) is 0 Å². The molecule has 3 heteroatoms. The molecule has 0 unspecified atom stereocenters. The van der Waals surface area contributed by atoms with Crippen LogP contribution < -0.4 is 0 Å². The predicted octanol–water partition coefficient (Wildman–Crippen LogP) is 3.71. The molecule has 0 aliphatic carbocycles. The Morgan fingerprint density at radius 2 is 1.60 bits per heavy atom. The van der Waals surface area contributed by atoms with Crippen LogP contribution in [0.5, 0.6) is 0 Å². The Morgan fingerprint density at radius 1 is 1.07 bits per heavy atom. The molecule has 0 amide bonds. The molecule has 1 aliphatic heterocycles. The van der Waals surface area contributed by atoms with Crippen LogP contribution in [0.3, 0.4) is 0 Å². The van der Waals surface area contributed by atoms with E-state index in [9.17, 15) is 4.91 Å². The Kier molecular flexibility index (Phi) is 2.10. The number of hydrogen-bond acceptors (Lipinski definition) is 1. The zero-order valence-corrected chi connectivity index (χ0v) is 11.1. The van der Waals surface area contributed by atoms with Gasteiger partial charge in [-0.1, -0.05) is 22.0 Å². The first-order valence-electron chi connectivity index (χ1n) is 5.06. The summed E-state index contributed by atoms with van der Waals surface area (Å²) in [5.74, 6) is 0. The van der Waals surface area contributed by atoms with E-state index in [1.54, 1.807) is 0 Å². The fraction of sp³-hybridized carbons (Fsp3) is 0.500. The minimum atomic E-state index is -0.442. The van der Waals surface area contributed by atoms with Crippen molar-refractivity contribution in [3.63, 3.8) is 0 Å². The molecule has 1 aromatic rings. The van der Waals surface area contributed by atoms with Crippen molar-refractivity contribution in [2.75, 3.05) is 0 Å². The lowest BCUT2D eigenvalue weighted by atomic mass is 9.91. The van der Waals surface area contributed by atoms with Crippen molar-refractivity contribution in [1.82, 2.24) is 0 Å². The first-order chi connectivity index (χ1) is 6.78. The molecule has 0 aromatic heterocycles. The minimum absolute atomic E-state index is 0.431. The highest BCUT2D eigenvalue weighted by Crippen LogP contribution is 2.46. The van der Waals surface area contributed by atoms with Gasteiger partial charge in [0.2, 0.25) is 11.1 Å². The number of benzene rings is 1. The number of halogens is 1. The first-order valence-corrected chi connectivity index (χ1v) is 5.85. The van der Waals surface area contributed by atoms with Crippen LogP contribution in [0.1, 0.15) is 38.8 Å². The van der Waals surface area contributed by atoms with Gasteiger partial charge in [0.05, 0.1) is 0 Å². The molecule has 2 nitrogen and oxygen atoms in total. The van der Waals surface area contributed by atoms with E-state index >= 15 is 0 Å². The summed E-state index contributed by atoms with van der Waals surface area (Å²) in [6.07, 6.45) is 0. The summed E-state index contributed by atoms with van der Waals surface area (Å²) < 4.78 is 2.22. The average Bonchev–Trinajstić information content (AvgIpc) is 2.26. The fourth-order valence-corrected chi connectivity index (χ4v) is 2.83. The summed E-state index contributed by atoms with van der Waals surface area (Å²) >= 11 is 3.45. The van der Waals surface area contributed by atoms with E-state index in [2.05, 4.69) is 22.0 Å². The van der Waals surface area contributed by atoms with E-state index in [0.717, 1.165) is 15.6 Å². The van der Waals surface area contributed by atoms with Gasteiger partial charge in [0.1, 0.15) is 0 Å².